The van der Waals surface area contributed by atoms with Crippen LogP contribution in [-0.4, -0.2) is 50.3 Å². The Balaban J connectivity index is 1.38. The third-order valence-electron chi connectivity index (χ3n) is 6.57. The minimum Gasteiger partial charge on any atom is -0.497 e. The summed E-state index contributed by atoms with van der Waals surface area (Å²) < 4.78 is 16.1. The van der Waals surface area contributed by atoms with E-state index in [1.807, 2.05) is 12.1 Å². The molecule has 2 N–H and O–H groups in total. The first kappa shape index (κ1) is 23.9. The first-order chi connectivity index (χ1) is 16.6. The fraction of sp³-hybridized carbons (Fsp3) is 0.462. The van der Waals surface area contributed by atoms with Crippen LogP contribution in [-0.2, 0) is 16.0 Å². The van der Waals surface area contributed by atoms with Crippen molar-refractivity contribution in [3.8, 4) is 5.75 Å². The highest BCUT2D eigenvalue weighted by atomic mass is 16.5. The molecular formula is C26H33N3O5. The molecule has 1 fully saturated rings. The molecule has 2 aromatic rings. The largest absolute Gasteiger partial charge is 0.497 e. The molecule has 1 saturated heterocycles. The second kappa shape index (κ2) is 11.2. The van der Waals surface area contributed by atoms with Gasteiger partial charge in [-0.25, -0.2) is 9.59 Å². The van der Waals surface area contributed by atoms with Gasteiger partial charge in [-0.05, 0) is 81.4 Å². The van der Waals surface area contributed by atoms with Crippen LogP contribution in [0.4, 0.5) is 4.79 Å². The van der Waals surface area contributed by atoms with E-state index in [0.29, 0.717) is 29.5 Å². The van der Waals surface area contributed by atoms with Crippen LogP contribution in [0.1, 0.15) is 43.6 Å². The number of hydrogen-bond donors (Lipinski definition) is 2. The zero-order valence-corrected chi connectivity index (χ0v) is 19.8. The van der Waals surface area contributed by atoms with E-state index in [0.717, 1.165) is 44.5 Å². The number of ether oxygens (including phenoxy) is 2. The molecule has 182 valence electrons. The number of carbonyl (C=O) groups excluding carboxylic acids is 2. The Kier molecular flexibility index (Phi) is 7.90. The summed E-state index contributed by atoms with van der Waals surface area (Å²) in [6, 6.07) is 10.8. The SMILES string of the molecule is CCOC(=O)C1=C(CN2CCC(CCc3ccc(OC)cc3)CC2)NC(=O)NC1c1ccco1. The number of rotatable bonds is 9. The minimum absolute atomic E-state index is 0.258. The minimum atomic E-state index is -0.667. The maximum Gasteiger partial charge on any atom is 0.338 e. The number of likely N-dealkylation sites (tertiary alicyclic amines) is 1. The molecule has 1 aromatic carbocycles. The number of carbonyl (C=O) groups is 2. The fourth-order valence-electron chi connectivity index (χ4n) is 4.68. The van der Waals surface area contributed by atoms with Gasteiger partial charge in [0.15, 0.2) is 0 Å². The van der Waals surface area contributed by atoms with Crippen LogP contribution < -0.4 is 15.4 Å². The van der Waals surface area contributed by atoms with Gasteiger partial charge in [-0.2, -0.15) is 0 Å². The van der Waals surface area contributed by atoms with Crippen molar-refractivity contribution in [2.45, 2.75) is 38.6 Å². The molecule has 8 heteroatoms. The summed E-state index contributed by atoms with van der Waals surface area (Å²) in [4.78, 5) is 27.5. The van der Waals surface area contributed by atoms with Gasteiger partial charge in [0.2, 0.25) is 0 Å². The number of benzene rings is 1. The van der Waals surface area contributed by atoms with Gasteiger partial charge >= 0.3 is 12.0 Å². The maximum atomic E-state index is 12.8. The van der Waals surface area contributed by atoms with Crippen LogP contribution in [0.5, 0.6) is 5.75 Å². The lowest BCUT2D eigenvalue weighted by Gasteiger charge is -2.35. The van der Waals surface area contributed by atoms with E-state index in [4.69, 9.17) is 13.9 Å². The zero-order chi connectivity index (χ0) is 23.9. The molecule has 8 nitrogen and oxygen atoms in total. The Labute approximate surface area is 200 Å². The Morgan fingerprint density at radius 1 is 1.18 bits per heavy atom. The molecule has 2 aliphatic heterocycles. The first-order valence-electron chi connectivity index (χ1n) is 11.9. The molecule has 1 unspecified atom stereocenters. The number of methoxy groups -OCH3 is 1. The van der Waals surface area contributed by atoms with Crippen molar-refractivity contribution >= 4 is 12.0 Å². The molecule has 34 heavy (non-hydrogen) atoms. The van der Waals surface area contributed by atoms with Gasteiger partial charge in [-0.1, -0.05) is 12.1 Å². The van der Waals surface area contributed by atoms with E-state index in [-0.39, 0.29) is 12.6 Å². The molecule has 3 heterocycles. The molecule has 0 bridgehead atoms. The number of hydrogen-bond acceptors (Lipinski definition) is 6. The van der Waals surface area contributed by atoms with E-state index in [1.165, 1.54) is 11.8 Å². The van der Waals surface area contributed by atoms with Crippen LogP contribution in [0.15, 0.2) is 58.3 Å². The first-order valence-corrected chi connectivity index (χ1v) is 11.9. The fourth-order valence-corrected chi connectivity index (χ4v) is 4.68. The smallest absolute Gasteiger partial charge is 0.338 e. The number of furan rings is 1. The molecule has 0 aliphatic carbocycles. The van der Waals surface area contributed by atoms with Gasteiger partial charge in [-0.15, -0.1) is 0 Å². The molecule has 0 spiro atoms. The molecular weight excluding hydrogens is 434 g/mol. The lowest BCUT2D eigenvalue weighted by atomic mass is 9.90. The number of amides is 2. The maximum absolute atomic E-state index is 12.8. The monoisotopic (exact) mass is 467 g/mol. The second-order valence-electron chi connectivity index (χ2n) is 8.77. The van der Waals surface area contributed by atoms with E-state index in [2.05, 4.69) is 27.7 Å². The topological polar surface area (TPSA) is 93.0 Å². The molecule has 1 aromatic heterocycles. The quantitative estimate of drug-likeness (QED) is 0.545. The summed E-state index contributed by atoms with van der Waals surface area (Å²) in [6.07, 6.45) is 5.91. The highest BCUT2D eigenvalue weighted by Gasteiger charge is 2.36. The summed E-state index contributed by atoms with van der Waals surface area (Å²) in [5, 5.41) is 5.64. The van der Waals surface area contributed by atoms with Crippen molar-refractivity contribution in [1.82, 2.24) is 15.5 Å². The van der Waals surface area contributed by atoms with Gasteiger partial charge in [0.1, 0.15) is 17.6 Å². The van der Waals surface area contributed by atoms with Crippen LogP contribution in [0.25, 0.3) is 0 Å². The third-order valence-corrected chi connectivity index (χ3v) is 6.57. The molecule has 1 atom stereocenters. The Bertz CT molecular complexity index is 992. The summed E-state index contributed by atoms with van der Waals surface area (Å²) in [5.74, 6) is 1.61. The highest BCUT2D eigenvalue weighted by Crippen LogP contribution is 2.30. The van der Waals surface area contributed by atoms with Crippen molar-refractivity contribution in [1.29, 1.82) is 0 Å². The summed E-state index contributed by atoms with van der Waals surface area (Å²) >= 11 is 0. The highest BCUT2D eigenvalue weighted by molar-refractivity contribution is 5.95. The van der Waals surface area contributed by atoms with Gasteiger partial charge in [0, 0.05) is 12.2 Å². The molecule has 0 saturated carbocycles. The average molecular weight is 468 g/mol. The number of aryl methyl sites for hydroxylation is 1. The van der Waals surface area contributed by atoms with Gasteiger partial charge in [0.25, 0.3) is 0 Å². The number of esters is 1. The van der Waals surface area contributed by atoms with E-state index < -0.39 is 12.0 Å². The van der Waals surface area contributed by atoms with Crippen LogP contribution in [0.3, 0.4) is 0 Å². The van der Waals surface area contributed by atoms with Gasteiger partial charge in [0.05, 0.1) is 25.6 Å². The zero-order valence-electron chi connectivity index (χ0n) is 19.8. The molecule has 0 radical (unpaired) electrons. The van der Waals surface area contributed by atoms with Crippen LogP contribution in [0.2, 0.25) is 0 Å². The lowest BCUT2D eigenvalue weighted by Crippen LogP contribution is -2.49. The van der Waals surface area contributed by atoms with Crippen molar-refractivity contribution in [3.05, 3.63) is 65.3 Å². The van der Waals surface area contributed by atoms with Gasteiger partial charge in [-0.3, -0.25) is 4.90 Å². The third kappa shape index (κ3) is 5.80. The standard InChI is InChI=1S/C26H33N3O5/c1-3-33-25(30)23-21(27-26(31)28-24(23)22-5-4-16-34-22)17-29-14-12-19(13-15-29)7-6-18-8-10-20(32-2)11-9-18/h4-5,8-11,16,19,24H,3,6-7,12-15,17H2,1-2H3,(H2,27,28,31). The van der Waals surface area contributed by atoms with Crippen LogP contribution in [0, 0.1) is 5.92 Å². The Hall–Kier alpha value is -3.26. The van der Waals surface area contributed by atoms with Crippen molar-refractivity contribution in [2.24, 2.45) is 5.92 Å². The van der Waals surface area contributed by atoms with Crippen molar-refractivity contribution in [2.75, 3.05) is 33.4 Å². The van der Waals surface area contributed by atoms with Crippen molar-refractivity contribution < 1.29 is 23.5 Å². The summed E-state index contributed by atoms with van der Waals surface area (Å²) in [6.45, 7) is 4.35. The number of nitrogens with one attached hydrogen (secondary N) is 2. The Morgan fingerprint density at radius 2 is 1.94 bits per heavy atom. The number of nitrogens with zero attached hydrogens (tertiary/aromatic N) is 1. The summed E-state index contributed by atoms with van der Waals surface area (Å²) in [5.41, 5.74) is 2.31. The normalized spacial score (nSPS) is 19.5. The summed E-state index contributed by atoms with van der Waals surface area (Å²) in [7, 11) is 1.68. The van der Waals surface area contributed by atoms with E-state index in [9.17, 15) is 9.59 Å². The Morgan fingerprint density at radius 3 is 2.59 bits per heavy atom. The van der Waals surface area contributed by atoms with Crippen LogP contribution >= 0.6 is 0 Å². The second-order valence-corrected chi connectivity index (χ2v) is 8.77. The van der Waals surface area contributed by atoms with E-state index >= 15 is 0 Å². The number of urea groups is 1. The molecule has 4 rings (SSSR count). The van der Waals surface area contributed by atoms with Gasteiger partial charge < -0.3 is 24.5 Å². The molecule has 2 amide bonds. The predicted molar refractivity (Wildman–Crippen MR) is 127 cm³/mol. The average Bonchev–Trinajstić information content (AvgIpc) is 3.39. The predicted octanol–water partition coefficient (Wildman–Crippen LogP) is 3.80. The molecule has 2 aliphatic rings. The van der Waals surface area contributed by atoms with E-state index in [1.54, 1.807) is 26.2 Å². The van der Waals surface area contributed by atoms with Crippen molar-refractivity contribution in [3.63, 3.8) is 0 Å². The lowest BCUT2D eigenvalue weighted by molar-refractivity contribution is -0.139. The number of piperidine rings is 1.